The minimum Gasteiger partial charge on any atom is -0.206 e. The lowest BCUT2D eigenvalue weighted by Crippen LogP contribution is -1.89. The molecule has 0 aromatic heterocycles. The second-order valence-corrected chi connectivity index (χ2v) is 2.40. The summed E-state index contributed by atoms with van der Waals surface area (Å²) < 4.78 is 13.0. The van der Waals surface area contributed by atoms with Gasteiger partial charge in [-0.05, 0) is 24.5 Å². The molecule has 1 aromatic carbocycles. The summed E-state index contributed by atoms with van der Waals surface area (Å²) in [5.74, 6) is -0.0509. The molecule has 62 valence electrons. The zero-order chi connectivity index (χ0) is 7.56. The van der Waals surface area contributed by atoms with Crippen LogP contribution >= 0.6 is 0 Å². The summed E-state index contributed by atoms with van der Waals surface area (Å²) in [7, 11) is 0. The largest absolute Gasteiger partial charge is 0.206 e. The average Bonchev–Trinajstić information content (AvgIpc) is 1.95. The molecule has 0 aliphatic heterocycles. The fourth-order valence-electron chi connectivity index (χ4n) is 0.981. The van der Waals surface area contributed by atoms with Crippen LogP contribution in [-0.2, 0) is 6.42 Å². The van der Waals surface area contributed by atoms with E-state index < -0.39 is 0 Å². The lowest BCUT2D eigenvalue weighted by atomic mass is 10.1. The van der Waals surface area contributed by atoms with Gasteiger partial charge in [-0.3, -0.25) is 0 Å². The minimum absolute atomic E-state index is 0. The van der Waals surface area contributed by atoms with E-state index in [2.05, 4.69) is 0 Å². The third-order valence-electron chi connectivity index (χ3n) is 1.65. The summed E-state index contributed by atoms with van der Waals surface area (Å²) in [5, 5.41) is 0. The summed E-state index contributed by atoms with van der Waals surface area (Å²) in [6.07, 6.45) is 0.771. The van der Waals surface area contributed by atoms with Crippen LogP contribution in [0.15, 0.2) is 18.2 Å². The molecule has 0 bridgehead atoms. The Labute approximate surface area is 68.1 Å². The van der Waals surface area contributed by atoms with Crippen molar-refractivity contribution in [1.29, 1.82) is 0 Å². The first-order valence-corrected chi connectivity index (χ1v) is 3.49. The first kappa shape index (κ1) is 10.2. The van der Waals surface area contributed by atoms with Crippen LogP contribution in [0.1, 0.15) is 25.5 Å². The molecule has 0 N–H and O–H groups in total. The van der Waals surface area contributed by atoms with Gasteiger partial charge in [0.25, 0.3) is 0 Å². The van der Waals surface area contributed by atoms with Gasteiger partial charge in [0, 0.05) is 0 Å². The van der Waals surface area contributed by atoms with Crippen LogP contribution < -0.4 is 0 Å². The molecule has 0 saturated carbocycles. The molecule has 0 amide bonds. The third-order valence-corrected chi connectivity index (χ3v) is 1.65. The summed E-state index contributed by atoms with van der Waals surface area (Å²) in [5.41, 5.74) is 1.54. The molecule has 0 fully saturated rings. The molecule has 0 nitrogen and oxygen atoms in total. The van der Waals surface area contributed by atoms with Gasteiger partial charge < -0.3 is 0 Å². The van der Waals surface area contributed by atoms with Crippen molar-refractivity contribution in [3.05, 3.63) is 35.1 Å². The number of aryl methyl sites for hydroxylation is 2. The zero-order valence-electron chi connectivity index (χ0n) is 6.32. The van der Waals surface area contributed by atoms with Crippen LogP contribution in [0.2, 0.25) is 0 Å². The van der Waals surface area contributed by atoms with Gasteiger partial charge in [-0.1, -0.05) is 32.5 Å². The zero-order valence-corrected chi connectivity index (χ0v) is 6.32. The molecular weight excluding hydrogens is 139 g/mol. The maximum absolute atomic E-state index is 13.0. The molecule has 0 radical (unpaired) electrons. The number of hydrogen-bond donors (Lipinski definition) is 0. The minimum atomic E-state index is -0.0509. The molecule has 0 unspecified atom stereocenters. The Morgan fingerprint density at radius 3 is 2.45 bits per heavy atom. The predicted molar refractivity (Wildman–Crippen MR) is 47.2 cm³/mol. The lowest BCUT2D eigenvalue weighted by Gasteiger charge is -2.00. The number of hydrogen-bond acceptors (Lipinski definition) is 0. The van der Waals surface area contributed by atoms with Crippen molar-refractivity contribution in [2.75, 3.05) is 0 Å². The highest BCUT2D eigenvalue weighted by atomic mass is 19.1. The lowest BCUT2D eigenvalue weighted by molar-refractivity contribution is 0.603. The van der Waals surface area contributed by atoms with Gasteiger partial charge in [0.15, 0.2) is 0 Å². The molecule has 0 spiro atoms. The first-order chi connectivity index (χ1) is 4.75. The van der Waals surface area contributed by atoms with E-state index in [1.165, 1.54) is 0 Å². The molecule has 0 saturated heterocycles. The Morgan fingerprint density at radius 1 is 1.36 bits per heavy atom. The summed E-state index contributed by atoms with van der Waals surface area (Å²) in [6.45, 7) is 3.74. The Morgan fingerprint density at radius 2 is 2.00 bits per heavy atom. The van der Waals surface area contributed by atoms with Gasteiger partial charge in [-0.2, -0.15) is 0 Å². The number of benzene rings is 1. The average molecular weight is 154 g/mol. The summed E-state index contributed by atoms with van der Waals surface area (Å²) in [6, 6.07) is 5.49. The maximum atomic E-state index is 13.0. The fourth-order valence-corrected chi connectivity index (χ4v) is 0.981. The Hall–Kier alpha value is -0.850. The van der Waals surface area contributed by atoms with E-state index in [0.29, 0.717) is 0 Å². The second kappa shape index (κ2) is 4.12. The normalized spacial score (nSPS) is 9.00. The molecule has 1 rings (SSSR count). The van der Waals surface area contributed by atoms with Crippen molar-refractivity contribution in [2.24, 2.45) is 0 Å². The van der Waals surface area contributed by atoms with Crippen LogP contribution in [0.5, 0.6) is 0 Å². The molecule has 11 heavy (non-hydrogen) atoms. The van der Waals surface area contributed by atoms with E-state index >= 15 is 0 Å². The van der Waals surface area contributed by atoms with Crippen LogP contribution in [0, 0.1) is 12.7 Å². The Bertz CT molecular complexity index is 228. The van der Waals surface area contributed by atoms with Crippen LogP contribution in [-0.4, -0.2) is 0 Å². The number of halogens is 1. The summed E-state index contributed by atoms with van der Waals surface area (Å²) in [4.78, 5) is 0. The fraction of sp³-hybridized carbons (Fsp3) is 0.400. The van der Waals surface area contributed by atoms with Gasteiger partial charge in [0.2, 0.25) is 0 Å². The highest BCUT2D eigenvalue weighted by molar-refractivity contribution is 5.24. The van der Waals surface area contributed by atoms with Crippen LogP contribution in [0.3, 0.4) is 0 Å². The van der Waals surface area contributed by atoms with Crippen LogP contribution in [0.25, 0.3) is 0 Å². The summed E-state index contributed by atoms with van der Waals surface area (Å²) >= 11 is 0. The van der Waals surface area contributed by atoms with E-state index in [0.717, 1.165) is 17.5 Å². The van der Waals surface area contributed by atoms with Crippen molar-refractivity contribution < 1.29 is 4.39 Å². The van der Waals surface area contributed by atoms with Crippen molar-refractivity contribution in [3.8, 4) is 0 Å². The monoisotopic (exact) mass is 154 g/mol. The topological polar surface area (TPSA) is 0 Å². The molecule has 1 heteroatoms. The SMILES string of the molecule is C.CCc1cccc(C)c1F. The highest BCUT2D eigenvalue weighted by Gasteiger charge is 2.00. The van der Waals surface area contributed by atoms with Gasteiger partial charge >= 0.3 is 0 Å². The van der Waals surface area contributed by atoms with Crippen molar-refractivity contribution in [2.45, 2.75) is 27.7 Å². The van der Waals surface area contributed by atoms with Crippen molar-refractivity contribution >= 4 is 0 Å². The molecule has 0 aliphatic rings. The third kappa shape index (κ3) is 2.04. The smallest absolute Gasteiger partial charge is 0.129 e. The van der Waals surface area contributed by atoms with E-state index in [1.54, 1.807) is 13.0 Å². The van der Waals surface area contributed by atoms with E-state index in [-0.39, 0.29) is 13.2 Å². The Kier molecular flexibility index (Phi) is 3.80. The number of rotatable bonds is 1. The van der Waals surface area contributed by atoms with E-state index in [1.807, 2.05) is 19.1 Å². The van der Waals surface area contributed by atoms with Crippen LogP contribution in [0.4, 0.5) is 4.39 Å². The highest BCUT2D eigenvalue weighted by Crippen LogP contribution is 2.11. The van der Waals surface area contributed by atoms with Gasteiger partial charge in [0.05, 0.1) is 0 Å². The Balaban J connectivity index is 0.000001000. The van der Waals surface area contributed by atoms with E-state index in [9.17, 15) is 4.39 Å². The molecule has 0 atom stereocenters. The maximum Gasteiger partial charge on any atom is 0.129 e. The van der Waals surface area contributed by atoms with Crippen molar-refractivity contribution in [3.63, 3.8) is 0 Å². The molecule has 0 heterocycles. The van der Waals surface area contributed by atoms with Gasteiger partial charge in [-0.25, -0.2) is 4.39 Å². The van der Waals surface area contributed by atoms with E-state index in [4.69, 9.17) is 0 Å². The first-order valence-electron chi connectivity index (χ1n) is 3.49. The van der Waals surface area contributed by atoms with Crippen molar-refractivity contribution in [1.82, 2.24) is 0 Å². The molecule has 0 aliphatic carbocycles. The molecular formula is C10H15F. The predicted octanol–water partition coefficient (Wildman–Crippen LogP) is 3.33. The van der Waals surface area contributed by atoms with Gasteiger partial charge in [0.1, 0.15) is 5.82 Å². The molecule has 1 aromatic rings. The standard InChI is InChI=1S/C9H11F.CH4/c1-3-8-6-4-5-7(2)9(8)10;/h4-6H,3H2,1-2H3;1H4. The van der Waals surface area contributed by atoms with Gasteiger partial charge in [-0.15, -0.1) is 0 Å². The quantitative estimate of drug-likeness (QED) is 0.582. The second-order valence-electron chi connectivity index (χ2n) is 2.40.